The van der Waals surface area contributed by atoms with E-state index in [1.807, 2.05) is 11.8 Å². The van der Waals surface area contributed by atoms with E-state index in [4.69, 9.17) is 0 Å². The van der Waals surface area contributed by atoms with Crippen molar-refractivity contribution in [3.05, 3.63) is 23.9 Å². The van der Waals surface area contributed by atoms with E-state index in [0.29, 0.717) is 5.56 Å². The largest absolute Gasteiger partial charge is 0.373 e. The fourth-order valence-corrected chi connectivity index (χ4v) is 3.27. The van der Waals surface area contributed by atoms with E-state index in [2.05, 4.69) is 22.5 Å². The van der Waals surface area contributed by atoms with Gasteiger partial charge < -0.3 is 10.6 Å². The van der Waals surface area contributed by atoms with Crippen LogP contribution >= 0.6 is 11.8 Å². The first kappa shape index (κ1) is 13.2. The van der Waals surface area contributed by atoms with Crippen LogP contribution in [0.5, 0.6) is 0 Å². The van der Waals surface area contributed by atoms with Crippen LogP contribution < -0.4 is 10.6 Å². The van der Waals surface area contributed by atoms with Crippen LogP contribution in [0.15, 0.2) is 18.3 Å². The van der Waals surface area contributed by atoms with Gasteiger partial charge >= 0.3 is 0 Å². The first-order valence-electron chi connectivity index (χ1n) is 6.19. The Balaban J connectivity index is 1.90. The molecule has 1 atom stereocenters. The molecule has 0 radical (unpaired) electrons. The minimum Gasteiger partial charge on any atom is -0.373 e. The Morgan fingerprint density at radius 1 is 1.56 bits per heavy atom. The van der Waals surface area contributed by atoms with Crippen molar-refractivity contribution in [3.8, 4) is 0 Å². The maximum absolute atomic E-state index is 12.0. The Hall–Kier alpha value is -1.23. The highest BCUT2D eigenvalue weighted by Crippen LogP contribution is 2.36. The zero-order valence-electron chi connectivity index (χ0n) is 10.8. The number of pyridine rings is 1. The molecule has 2 rings (SSSR count). The molecule has 4 nitrogen and oxygen atoms in total. The molecular formula is C13H19N3OS. The van der Waals surface area contributed by atoms with Crippen LogP contribution in [0.4, 0.5) is 5.82 Å². The number of nitrogens with one attached hydrogen (secondary N) is 2. The molecule has 1 aliphatic heterocycles. The topological polar surface area (TPSA) is 54.0 Å². The summed E-state index contributed by atoms with van der Waals surface area (Å²) in [4.78, 5) is 16.1. The van der Waals surface area contributed by atoms with Gasteiger partial charge in [-0.05, 0) is 37.7 Å². The molecule has 1 aliphatic rings. The maximum Gasteiger partial charge on any atom is 0.252 e. The van der Waals surface area contributed by atoms with Crippen molar-refractivity contribution in [2.75, 3.05) is 24.7 Å². The average molecular weight is 265 g/mol. The van der Waals surface area contributed by atoms with E-state index in [9.17, 15) is 4.79 Å². The molecule has 0 aliphatic carbocycles. The lowest BCUT2D eigenvalue weighted by atomic mass is 10.1. The van der Waals surface area contributed by atoms with Crippen LogP contribution in [-0.4, -0.2) is 35.0 Å². The van der Waals surface area contributed by atoms with Gasteiger partial charge in [0.05, 0.1) is 5.56 Å². The van der Waals surface area contributed by atoms with E-state index < -0.39 is 0 Å². The van der Waals surface area contributed by atoms with Gasteiger partial charge in [-0.15, -0.1) is 0 Å². The summed E-state index contributed by atoms with van der Waals surface area (Å²) in [6, 6.07) is 3.60. The predicted octanol–water partition coefficient (Wildman–Crippen LogP) is 2.14. The molecule has 1 aromatic heterocycles. The van der Waals surface area contributed by atoms with Gasteiger partial charge in [0.2, 0.25) is 0 Å². The highest BCUT2D eigenvalue weighted by molar-refractivity contribution is 8.00. The van der Waals surface area contributed by atoms with E-state index in [1.165, 1.54) is 18.6 Å². The van der Waals surface area contributed by atoms with Crippen molar-refractivity contribution in [1.82, 2.24) is 10.3 Å². The Bertz CT molecular complexity index is 413. The van der Waals surface area contributed by atoms with Gasteiger partial charge in [0.25, 0.3) is 5.91 Å². The van der Waals surface area contributed by atoms with Crippen molar-refractivity contribution in [3.63, 3.8) is 0 Å². The number of aromatic nitrogens is 1. The van der Waals surface area contributed by atoms with Gasteiger partial charge in [0, 0.05) is 24.5 Å². The number of carbonyl (C=O) groups excluding carboxylic acids is 1. The smallest absolute Gasteiger partial charge is 0.252 e. The van der Waals surface area contributed by atoms with E-state index >= 15 is 0 Å². The average Bonchev–Trinajstić information content (AvgIpc) is 2.83. The van der Waals surface area contributed by atoms with Crippen LogP contribution in [-0.2, 0) is 0 Å². The van der Waals surface area contributed by atoms with Crippen LogP contribution in [0.25, 0.3) is 0 Å². The second-order valence-electron chi connectivity index (χ2n) is 4.77. The molecular weight excluding hydrogens is 246 g/mol. The minimum absolute atomic E-state index is 0.0427. The normalized spacial score (nSPS) is 22.8. The van der Waals surface area contributed by atoms with E-state index in [1.54, 1.807) is 25.4 Å². The van der Waals surface area contributed by atoms with Gasteiger partial charge in [0.15, 0.2) is 0 Å². The standard InChI is InChI=1S/C13H19N3OS/c1-13(6-3-7-18-13)9-16-12(17)10-4-5-11(14-2)15-8-10/h4-5,8H,3,6-7,9H2,1-2H3,(H,14,15)(H,16,17). The molecule has 1 unspecified atom stereocenters. The fourth-order valence-electron chi connectivity index (χ4n) is 2.02. The Morgan fingerprint density at radius 2 is 2.39 bits per heavy atom. The number of rotatable bonds is 4. The van der Waals surface area contributed by atoms with Crippen LogP contribution in [0.1, 0.15) is 30.1 Å². The fraction of sp³-hybridized carbons (Fsp3) is 0.538. The third-order valence-corrected chi connectivity index (χ3v) is 4.74. The zero-order valence-corrected chi connectivity index (χ0v) is 11.6. The van der Waals surface area contributed by atoms with Crippen LogP contribution in [0, 0.1) is 0 Å². The quantitative estimate of drug-likeness (QED) is 0.876. The zero-order chi connectivity index (χ0) is 13.0. The number of hydrogen-bond acceptors (Lipinski definition) is 4. The highest BCUT2D eigenvalue weighted by atomic mass is 32.2. The molecule has 5 heteroatoms. The Kier molecular flexibility index (Phi) is 4.11. The molecule has 18 heavy (non-hydrogen) atoms. The molecule has 2 heterocycles. The molecule has 0 spiro atoms. The second kappa shape index (κ2) is 5.61. The summed E-state index contributed by atoms with van der Waals surface area (Å²) in [7, 11) is 1.81. The third kappa shape index (κ3) is 3.16. The summed E-state index contributed by atoms with van der Waals surface area (Å²) in [6.07, 6.45) is 4.02. The van der Waals surface area contributed by atoms with Gasteiger partial charge in [-0.3, -0.25) is 4.79 Å². The molecule has 1 fully saturated rings. The van der Waals surface area contributed by atoms with E-state index in [-0.39, 0.29) is 10.7 Å². The van der Waals surface area contributed by atoms with Crippen LogP contribution in [0.2, 0.25) is 0 Å². The number of anilines is 1. The molecule has 0 aromatic carbocycles. The second-order valence-corrected chi connectivity index (χ2v) is 6.45. The summed E-state index contributed by atoms with van der Waals surface area (Å²) in [5.74, 6) is 1.92. The van der Waals surface area contributed by atoms with Crippen molar-refractivity contribution < 1.29 is 4.79 Å². The first-order chi connectivity index (χ1) is 8.63. The van der Waals surface area contributed by atoms with Gasteiger partial charge in [-0.2, -0.15) is 11.8 Å². The predicted molar refractivity (Wildman–Crippen MR) is 76.2 cm³/mol. The summed E-state index contributed by atoms with van der Waals surface area (Å²) in [5.41, 5.74) is 0.612. The Labute approximate surface area is 112 Å². The SMILES string of the molecule is CNc1ccc(C(=O)NCC2(C)CCCS2)cn1. The lowest BCUT2D eigenvalue weighted by Gasteiger charge is -2.22. The molecule has 0 bridgehead atoms. The van der Waals surface area contributed by atoms with Gasteiger partial charge in [-0.1, -0.05) is 0 Å². The maximum atomic E-state index is 12.0. The number of nitrogens with zero attached hydrogens (tertiary/aromatic N) is 1. The van der Waals surface area contributed by atoms with Crippen molar-refractivity contribution >= 4 is 23.5 Å². The van der Waals surface area contributed by atoms with Crippen molar-refractivity contribution in [2.24, 2.45) is 0 Å². The summed E-state index contributed by atoms with van der Waals surface area (Å²) in [6.45, 7) is 2.94. The number of hydrogen-bond donors (Lipinski definition) is 2. The molecule has 2 N–H and O–H groups in total. The summed E-state index contributed by atoms with van der Waals surface area (Å²) >= 11 is 1.95. The van der Waals surface area contributed by atoms with Crippen molar-refractivity contribution in [2.45, 2.75) is 24.5 Å². The van der Waals surface area contributed by atoms with Gasteiger partial charge in [-0.25, -0.2) is 4.98 Å². The van der Waals surface area contributed by atoms with Gasteiger partial charge in [0.1, 0.15) is 5.82 Å². The molecule has 1 saturated heterocycles. The lowest BCUT2D eigenvalue weighted by Crippen LogP contribution is -2.36. The first-order valence-corrected chi connectivity index (χ1v) is 7.17. The molecule has 1 amide bonds. The molecule has 1 aromatic rings. The molecule has 0 saturated carbocycles. The summed E-state index contributed by atoms with van der Waals surface area (Å²) in [5, 5.41) is 5.93. The minimum atomic E-state index is -0.0427. The van der Waals surface area contributed by atoms with Crippen molar-refractivity contribution in [1.29, 1.82) is 0 Å². The highest BCUT2D eigenvalue weighted by Gasteiger charge is 2.29. The monoisotopic (exact) mass is 265 g/mol. The number of carbonyl (C=O) groups is 1. The third-order valence-electron chi connectivity index (χ3n) is 3.21. The lowest BCUT2D eigenvalue weighted by molar-refractivity contribution is 0.0949. The summed E-state index contributed by atoms with van der Waals surface area (Å²) < 4.78 is 0.202. The van der Waals surface area contributed by atoms with E-state index in [0.717, 1.165) is 12.4 Å². The number of thioether (sulfide) groups is 1. The number of amides is 1. The van der Waals surface area contributed by atoms with Crippen LogP contribution in [0.3, 0.4) is 0 Å². The molecule has 98 valence electrons. The Morgan fingerprint density at radius 3 is 2.94 bits per heavy atom.